The van der Waals surface area contributed by atoms with E-state index in [1.807, 2.05) is 0 Å². The molecule has 0 aromatic carbocycles. The van der Waals surface area contributed by atoms with Crippen LogP contribution in [0, 0.1) is 45.3 Å². The van der Waals surface area contributed by atoms with Crippen LogP contribution in [-0.2, 0) is 33.3 Å². The maximum absolute atomic E-state index is 12.3. The Bertz CT molecular complexity index is 1360. The zero-order chi connectivity index (χ0) is 38.6. The van der Waals surface area contributed by atoms with Crippen molar-refractivity contribution in [1.82, 2.24) is 0 Å². The predicted molar refractivity (Wildman–Crippen MR) is 188 cm³/mol. The van der Waals surface area contributed by atoms with E-state index in [1.165, 1.54) is 13.8 Å². The lowest BCUT2D eigenvalue weighted by Gasteiger charge is -2.72. The van der Waals surface area contributed by atoms with Gasteiger partial charge in [0, 0.05) is 24.7 Å². The van der Waals surface area contributed by atoms with E-state index >= 15 is 0 Å². The molecule has 52 heavy (non-hydrogen) atoms. The average Bonchev–Trinajstić information content (AvgIpc) is 3.54. The number of hydrogen-bond donors (Lipinski definition) is 5. The first-order valence-electron chi connectivity index (χ1n) is 19.7. The van der Waals surface area contributed by atoms with Crippen molar-refractivity contribution in [1.29, 1.82) is 0 Å². The summed E-state index contributed by atoms with van der Waals surface area (Å²) in [4.78, 5) is 24.0. The van der Waals surface area contributed by atoms with Crippen LogP contribution in [0.15, 0.2) is 0 Å². The second-order valence-corrected chi connectivity index (χ2v) is 19.4. The van der Waals surface area contributed by atoms with Crippen LogP contribution in [-0.4, -0.2) is 110 Å². The summed E-state index contributed by atoms with van der Waals surface area (Å²) in [6.07, 6.45) is -3.00. The van der Waals surface area contributed by atoms with Crippen molar-refractivity contribution in [3.05, 3.63) is 0 Å². The minimum absolute atomic E-state index is 0.0674. The quantitative estimate of drug-likeness (QED) is 0.189. The Labute approximate surface area is 309 Å². The van der Waals surface area contributed by atoms with E-state index in [2.05, 4.69) is 41.5 Å². The molecule has 6 rings (SSSR count). The van der Waals surface area contributed by atoms with Crippen LogP contribution < -0.4 is 0 Å². The highest BCUT2D eigenvalue weighted by Gasteiger charge is 2.76. The second-order valence-electron chi connectivity index (χ2n) is 19.4. The SMILES string of the molecule is CC(=O)OCC1OC(O[C@@H]2C[C@H]3C(C)(C)[C@H](OC(C)=O)CC[C@]3(C)[C@H]3CC[C@@H]4[C@]5(CC[C@@]4(C)[C@@]32C)O[C@@H]([C@H](O)C(C)(C)O)C[C@@H]5C)C(O)C(O)C1O. The Morgan fingerprint density at radius 3 is 2.12 bits per heavy atom. The highest BCUT2D eigenvalue weighted by Crippen LogP contribution is 2.77. The summed E-state index contributed by atoms with van der Waals surface area (Å²) in [5, 5.41) is 55.1. The molecule has 0 aromatic rings. The van der Waals surface area contributed by atoms with Crippen LogP contribution >= 0.6 is 0 Å². The lowest BCUT2D eigenvalue weighted by atomic mass is 9.34. The van der Waals surface area contributed by atoms with E-state index < -0.39 is 77.0 Å². The summed E-state index contributed by atoms with van der Waals surface area (Å²) in [5.41, 5.74) is -3.15. The van der Waals surface area contributed by atoms with Crippen molar-refractivity contribution in [3.8, 4) is 0 Å². The molecular weight excluding hydrogens is 672 g/mol. The monoisotopic (exact) mass is 738 g/mol. The summed E-state index contributed by atoms with van der Waals surface area (Å²) < 4.78 is 31.3. The third kappa shape index (κ3) is 5.99. The van der Waals surface area contributed by atoms with Gasteiger partial charge in [0.15, 0.2) is 6.29 Å². The lowest BCUT2D eigenvalue weighted by molar-refractivity contribution is -0.351. The van der Waals surface area contributed by atoms with Crippen molar-refractivity contribution in [2.45, 2.75) is 187 Å². The molecular formula is C40H66O12. The van der Waals surface area contributed by atoms with Crippen LogP contribution in [0.25, 0.3) is 0 Å². The molecule has 5 unspecified atom stereocenters. The molecule has 17 atom stereocenters. The molecule has 0 radical (unpaired) electrons. The van der Waals surface area contributed by atoms with Crippen LogP contribution in [0.4, 0.5) is 0 Å². The van der Waals surface area contributed by atoms with Gasteiger partial charge in [-0.1, -0.05) is 41.5 Å². The van der Waals surface area contributed by atoms with Gasteiger partial charge < -0.3 is 49.2 Å². The number of ether oxygens (including phenoxy) is 5. The van der Waals surface area contributed by atoms with Gasteiger partial charge in [-0.15, -0.1) is 0 Å². The Balaban J connectivity index is 1.41. The minimum atomic E-state index is -1.59. The summed E-state index contributed by atoms with van der Waals surface area (Å²) in [6, 6.07) is 0. The molecule has 2 heterocycles. The van der Waals surface area contributed by atoms with Gasteiger partial charge in [-0.2, -0.15) is 0 Å². The fraction of sp³-hybridized carbons (Fsp3) is 0.950. The predicted octanol–water partition coefficient (Wildman–Crippen LogP) is 3.65. The molecule has 4 saturated carbocycles. The van der Waals surface area contributed by atoms with Gasteiger partial charge in [0.2, 0.25) is 0 Å². The molecule has 0 aromatic heterocycles. The smallest absolute Gasteiger partial charge is 0.302 e. The van der Waals surface area contributed by atoms with Crippen molar-refractivity contribution >= 4 is 11.9 Å². The van der Waals surface area contributed by atoms with E-state index in [9.17, 15) is 35.1 Å². The molecule has 298 valence electrons. The second kappa shape index (κ2) is 13.4. The molecule has 0 amide bonds. The van der Waals surface area contributed by atoms with E-state index in [0.29, 0.717) is 12.8 Å². The minimum Gasteiger partial charge on any atom is -0.463 e. The first kappa shape index (κ1) is 40.3. The lowest BCUT2D eigenvalue weighted by Crippen LogP contribution is -2.71. The van der Waals surface area contributed by atoms with Gasteiger partial charge in [-0.25, -0.2) is 0 Å². The number of esters is 2. The summed E-state index contributed by atoms with van der Waals surface area (Å²) in [7, 11) is 0. The van der Waals surface area contributed by atoms with E-state index in [0.717, 1.165) is 38.5 Å². The number of aliphatic hydroxyl groups is 5. The van der Waals surface area contributed by atoms with Gasteiger partial charge in [0.05, 0.1) is 23.4 Å². The highest BCUT2D eigenvalue weighted by molar-refractivity contribution is 5.66. The van der Waals surface area contributed by atoms with E-state index in [1.54, 1.807) is 13.8 Å². The Morgan fingerprint density at radius 1 is 0.846 bits per heavy atom. The summed E-state index contributed by atoms with van der Waals surface area (Å²) in [5.74, 6) is -0.364. The van der Waals surface area contributed by atoms with Crippen LogP contribution in [0.1, 0.15) is 121 Å². The zero-order valence-corrected chi connectivity index (χ0v) is 33.0. The largest absolute Gasteiger partial charge is 0.463 e. The molecule has 2 aliphatic heterocycles. The van der Waals surface area contributed by atoms with Gasteiger partial charge in [-0.3, -0.25) is 9.59 Å². The van der Waals surface area contributed by atoms with Crippen LogP contribution in [0.3, 0.4) is 0 Å². The molecule has 2 saturated heterocycles. The number of rotatable bonds is 7. The van der Waals surface area contributed by atoms with Crippen molar-refractivity contribution in [2.24, 2.45) is 45.3 Å². The molecule has 12 heteroatoms. The van der Waals surface area contributed by atoms with Gasteiger partial charge in [0.1, 0.15) is 43.2 Å². The zero-order valence-electron chi connectivity index (χ0n) is 33.0. The van der Waals surface area contributed by atoms with E-state index in [-0.39, 0.29) is 53.2 Å². The Kier molecular flexibility index (Phi) is 10.4. The summed E-state index contributed by atoms with van der Waals surface area (Å²) in [6.45, 7) is 19.3. The fourth-order valence-corrected chi connectivity index (χ4v) is 13.2. The van der Waals surface area contributed by atoms with Gasteiger partial charge in [-0.05, 0) is 99.7 Å². The number of fused-ring (bicyclic) bond motifs is 6. The fourth-order valence-electron chi connectivity index (χ4n) is 13.2. The third-order valence-electron chi connectivity index (χ3n) is 16.1. The number of hydrogen-bond acceptors (Lipinski definition) is 12. The third-order valence-corrected chi connectivity index (χ3v) is 16.1. The maximum atomic E-state index is 12.3. The Hall–Kier alpha value is -1.38. The molecule has 4 aliphatic carbocycles. The highest BCUT2D eigenvalue weighted by atomic mass is 16.7. The molecule has 6 aliphatic rings. The van der Waals surface area contributed by atoms with Crippen LogP contribution in [0.5, 0.6) is 0 Å². The maximum Gasteiger partial charge on any atom is 0.302 e. The van der Waals surface area contributed by atoms with Crippen molar-refractivity contribution in [3.63, 3.8) is 0 Å². The topological polar surface area (TPSA) is 181 Å². The first-order valence-corrected chi connectivity index (χ1v) is 19.7. The normalized spacial score (nSPS) is 50.5. The first-order chi connectivity index (χ1) is 23.9. The standard InChI is InChI=1S/C40H66O12/c1-20-17-23(33(46)36(6,7)47)52-40(20)16-15-38(9)26(40)12-11-25-37(8)14-13-28(49-22(3)42)35(4,5)27(37)18-29(39(25,38)10)51-34-32(45)31(44)30(43)24(50-34)19-48-21(2)41/h20,23-34,43-47H,11-19H2,1-10H3/t20-,23+,24?,25+,26-,27-,28+,29+,30?,31?,32?,33-,34?,37+,38+,39-,40+/m0/s1. The average molecular weight is 739 g/mol. The number of carbonyl (C=O) groups is 2. The van der Waals surface area contributed by atoms with Crippen molar-refractivity contribution in [2.75, 3.05) is 6.61 Å². The van der Waals surface area contributed by atoms with Gasteiger partial charge in [0.25, 0.3) is 0 Å². The summed E-state index contributed by atoms with van der Waals surface area (Å²) >= 11 is 0. The van der Waals surface area contributed by atoms with Crippen molar-refractivity contribution < 1.29 is 58.8 Å². The molecule has 5 N–H and O–H groups in total. The van der Waals surface area contributed by atoms with Gasteiger partial charge >= 0.3 is 11.9 Å². The number of carbonyl (C=O) groups excluding carboxylic acids is 2. The Morgan fingerprint density at radius 2 is 1.50 bits per heavy atom. The number of aliphatic hydroxyl groups excluding tert-OH is 4. The van der Waals surface area contributed by atoms with E-state index in [4.69, 9.17) is 23.7 Å². The molecule has 0 bridgehead atoms. The molecule has 1 spiro atoms. The van der Waals surface area contributed by atoms with Crippen LogP contribution in [0.2, 0.25) is 0 Å². The molecule has 12 nitrogen and oxygen atoms in total. The molecule has 6 fully saturated rings.